The van der Waals surface area contributed by atoms with Crippen LogP contribution < -0.4 is 10.1 Å². The van der Waals surface area contributed by atoms with E-state index in [1.807, 2.05) is 12.1 Å². The molecular weight excluding hydrogens is 278 g/mol. The van der Waals surface area contributed by atoms with Crippen molar-refractivity contribution in [3.63, 3.8) is 0 Å². The van der Waals surface area contributed by atoms with E-state index in [9.17, 15) is 4.79 Å². The zero-order valence-corrected chi connectivity index (χ0v) is 11.7. The predicted octanol–water partition coefficient (Wildman–Crippen LogP) is 2.84. The number of benzene rings is 2. The van der Waals surface area contributed by atoms with Crippen molar-refractivity contribution in [1.29, 1.82) is 10.5 Å². The minimum atomic E-state index is -0.195. The van der Waals surface area contributed by atoms with Gasteiger partial charge in [0.1, 0.15) is 11.8 Å². The zero-order chi connectivity index (χ0) is 15.8. The molecule has 0 fully saturated rings. The molecule has 0 unspecified atom stereocenters. The summed E-state index contributed by atoms with van der Waals surface area (Å²) in [4.78, 5) is 11.8. The summed E-state index contributed by atoms with van der Waals surface area (Å²) in [6.07, 6.45) is 0.166. The fraction of sp³-hybridized carbons (Fsp3) is 0.118. The molecule has 108 valence electrons. The van der Waals surface area contributed by atoms with E-state index in [1.165, 1.54) is 0 Å². The van der Waals surface area contributed by atoms with Crippen molar-refractivity contribution in [3.8, 4) is 17.9 Å². The highest BCUT2D eigenvalue weighted by molar-refractivity contribution is 5.90. The van der Waals surface area contributed by atoms with E-state index < -0.39 is 0 Å². The maximum atomic E-state index is 11.8. The van der Waals surface area contributed by atoms with Crippen molar-refractivity contribution < 1.29 is 9.53 Å². The Labute approximate surface area is 128 Å². The standard InChI is InChI=1S/C17H13N3O2/c18-11-13-5-7-15(8-6-13)20-17(21)9-10-22-16-4-2-1-3-14(16)12-19/h1-8H,9-10H2,(H,20,21). The molecule has 22 heavy (non-hydrogen) atoms. The van der Waals surface area contributed by atoms with Gasteiger partial charge in [-0.05, 0) is 36.4 Å². The molecule has 5 heteroatoms. The van der Waals surface area contributed by atoms with Crippen LogP contribution in [0.15, 0.2) is 48.5 Å². The Balaban J connectivity index is 1.83. The monoisotopic (exact) mass is 291 g/mol. The number of anilines is 1. The molecule has 2 aromatic carbocycles. The molecule has 0 aliphatic carbocycles. The van der Waals surface area contributed by atoms with Crippen molar-refractivity contribution in [2.45, 2.75) is 6.42 Å². The summed E-state index contributed by atoms with van der Waals surface area (Å²) in [6, 6.07) is 17.5. The highest BCUT2D eigenvalue weighted by Gasteiger charge is 2.05. The van der Waals surface area contributed by atoms with Gasteiger partial charge in [0.25, 0.3) is 0 Å². The normalized spacial score (nSPS) is 9.36. The third-order valence-electron chi connectivity index (χ3n) is 2.89. The minimum Gasteiger partial charge on any atom is -0.492 e. The van der Waals surface area contributed by atoms with Crippen LogP contribution >= 0.6 is 0 Å². The van der Waals surface area contributed by atoms with Crippen LogP contribution in [-0.4, -0.2) is 12.5 Å². The quantitative estimate of drug-likeness (QED) is 0.917. The lowest BCUT2D eigenvalue weighted by Crippen LogP contribution is -2.15. The van der Waals surface area contributed by atoms with E-state index >= 15 is 0 Å². The average Bonchev–Trinajstić information content (AvgIpc) is 2.56. The highest BCUT2D eigenvalue weighted by Crippen LogP contribution is 2.16. The molecule has 1 amide bonds. The van der Waals surface area contributed by atoms with Gasteiger partial charge in [-0.25, -0.2) is 0 Å². The molecule has 0 saturated heterocycles. The first-order valence-corrected chi connectivity index (χ1v) is 6.65. The van der Waals surface area contributed by atoms with Crippen LogP contribution in [0, 0.1) is 22.7 Å². The number of rotatable bonds is 5. The number of para-hydroxylation sites is 1. The van der Waals surface area contributed by atoms with Crippen LogP contribution in [0.1, 0.15) is 17.5 Å². The van der Waals surface area contributed by atoms with Crippen LogP contribution in [0.5, 0.6) is 5.75 Å². The smallest absolute Gasteiger partial charge is 0.227 e. The lowest BCUT2D eigenvalue weighted by molar-refractivity contribution is -0.116. The van der Waals surface area contributed by atoms with Gasteiger partial charge in [0.2, 0.25) is 5.91 Å². The number of nitriles is 2. The summed E-state index contributed by atoms with van der Waals surface area (Å²) in [7, 11) is 0. The van der Waals surface area contributed by atoms with Crippen molar-refractivity contribution in [2.24, 2.45) is 0 Å². The Morgan fingerprint density at radius 2 is 1.77 bits per heavy atom. The Hall–Kier alpha value is -3.31. The molecule has 5 nitrogen and oxygen atoms in total. The second-order valence-electron chi connectivity index (χ2n) is 4.44. The van der Waals surface area contributed by atoms with Gasteiger partial charge in [-0.3, -0.25) is 4.79 Å². The second kappa shape index (κ2) is 7.47. The maximum Gasteiger partial charge on any atom is 0.227 e. The van der Waals surface area contributed by atoms with E-state index in [4.69, 9.17) is 15.3 Å². The third kappa shape index (κ3) is 4.09. The molecule has 2 aromatic rings. The molecule has 0 saturated carbocycles. The van der Waals surface area contributed by atoms with Crippen LogP contribution in [0.3, 0.4) is 0 Å². The van der Waals surface area contributed by atoms with E-state index in [0.29, 0.717) is 22.6 Å². The fourth-order valence-corrected chi connectivity index (χ4v) is 1.79. The number of carbonyl (C=O) groups excluding carboxylic acids is 1. The molecule has 1 N–H and O–H groups in total. The van der Waals surface area contributed by atoms with Crippen molar-refractivity contribution >= 4 is 11.6 Å². The summed E-state index contributed by atoms with van der Waals surface area (Å²) in [5, 5.41) is 20.3. The first-order valence-electron chi connectivity index (χ1n) is 6.65. The molecule has 0 aliphatic heterocycles. The number of ether oxygens (including phenoxy) is 1. The molecule has 0 heterocycles. The summed E-state index contributed by atoms with van der Waals surface area (Å²) in [5.41, 5.74) is 1.60. The van der Waals surface area contributed by atoms with E-state index in [1.54, 1.807) is 48.5 Å². The Kier molecular flexibility index (Phi) is 5.12. The van der Waals surface area contributed by atoms with E-state index in [0.717, 1.165) is 0 Å². The number of amides is 1. The first-order chi connectivity index (χ1) is 10.7. The number of hydrogen-bond acceptors (Lipinski definition) is 4. The van der Waals surface area contributed by atoms with Crippen molar-refractivity contribution in [3.05, 3.63) is 59.7 Å². The zero-order valence-electron chi connectivity index (χ0n) is 11.7. The Morgan fingerprint density at radius 3 is 2.45 bits per heavy atom. The van der Waals surface area contributed by atoms with Gasteiger partial charge in [-0.1, -0.05) is 12.1 Å². The molecule has 0 atom stereocenters. The lowest BCUT2D eigenvalue weighted by atomic mass is 10.2. The van der Waals surface area contributed by atoms with Crippen LogP contribution in [0.25, 0.3) is 0 Å². The lowest BCUT2D eigenvalue weighted by Gasteiger charge is -2.08. The van der Waals surface area contributed by atoms with Gasteiger partial charge in [0.05, 0.1) is 30.2 Å². The SMILES string of the molecule is N#Cc1ccc(NC(=O)CCOc2ccccc2C#N)cc1. The number of carbonyl (C=O) groups is 1. The molecular formula is C17H13N3O2. The number of nitrogens with one attached hydrogen (secondary N) is 1. The molecule has 2 rings (SSSR count). The van der Waals surface area contributed by atoms with Crippen LogP contribution in [0.4, 0.5) is 5.69 Å². The topological polar surface area (TPSA) is 85.9 Å². The van der Waals surface area contributed by atoms with Crippen LogP contribution in [0.2, 0.25) is 0 Å². The van der Waals surface area contributed by atoms with Gasteiger partial charge in [-0.15, -0.1) is 0 Å². The van der Waals surface area contributed by atoms with Gasteiger partial charge < -0.3 is 10.1 Å². The highest BCUT2D eigenvalue weighted by atomic mass is 16.5. The number of hydrogen-bond donors (Lipinski definition) is 1. The summed E-state index contributed by atoms with van der Waals surface area (Å²) >= 11 is 0. The number of nitrogens with zero attached hydrogens (tertiary/aromatic N) is 2. The molecule has 0 aliphatic rings. The van der Waals surface area contributed by atoms with Crippen molar-refractivity contribution in [2.75, 3.05) is 11.9 Å². The minimum absolute atomic E-state index is 0.166. The predicted molar refractivity (Wildman–Crippen MR) is 81.1 cm³/mol. The van der Waals surface area contributed by atoms with E-state index in [2.05, 4.69) is 5.32 Å². The van der Waals surface area contributed by atoms with Gasteiger partial charge in [-0.2, -0.15) is 10.5 Å². The molecule has 0 spiro atoms. The van der Waals surface area contributed by atoms with Crippen LogP contribution in [-0.2, 0) is 4.79 Å². The molecule has 0 radical (unpaired) electrons. The fourth-order valence-electron chi connectivity index (χ4n) is 1.79. The Bertz CT molecular complexity index is 740. The van der Waals surface area contributed by atoms with Gasteiger partial charge in [0.15, 0.2) is 0 Å². The second-order valence-corrected chi connectivity index (χ2v) is 4.44. The Morgan fingerprint density at radius 1 is 1.05 bits per heavy atom. The summed E-state index contributed by atoms with van der Waals surface area (Å²) < 4.78 is 5.45. The summed E-state index contributed by atoms with van der Waals surface area (Å²) in [5.74, 6) is 0.273. The summed E-state index contributed by atoms with van der Waals surface area (Å²) in [6.45, 7) is 0.181. The third-order valence-corrected chi connectivity index (χ3v) is 2.89. The largest absolute Gasteiger partial charge is 0.492 e. The molecule has 0 aromatic heterocycles. The molecule has 0 bridgehead atoms. The van der Waals surface area contributed by atoms with E-state index in [-0.39, 0.29) is 18.9 Å². The van der Waals surface area contributed by atoms with Crippen molar-refractivity contribution in [1.82, 2.24) is 0 Å². The van der Waals surface area contributed by atoms with Gasteiger partial charge in [0, 0.05) is 5.69 Å². The van der Waals surface area contributed by atoms with Gasteiger partial charge >= 0.3 is 0 Å². The maximum absolute atomic E-state index is 11.8. The average molecular weight is 291 g/mol. The first kappa shape index (κ1) is 15.1.